The molecule has 1 aromatic heterocycles. The minimum Gasteiger partial charge on any atom is -0.351 e. The molecule has 1 aromatic carbocycles. The number of aryl methyl sites for hydroxylation is 1. The quantitative estimate of drug-likeness (QED) is 0.667. The Labute approximate surface area is 127 Å². The molecule has 0 aliphatic heterocycles. The number of nitriles is 1. The topological polar surface area (TPSA) is 101 Å². The molecular formula is C16H14N4O2. The van der Waals surface area contributed by atoms with Crippen LogP contribution >= 0.6 is 0 Å². The van der Waals surface area contributed by atoms with Gasteiger partial charge in [0.25, 0.3) is 5.91 Å². The first-order chi connectivity index (χ1) is 10.5. The fraction of sp³-hybridized carbons (Fsp3) is 0.0625. The summed E-state index contributed by atoms with van der Waals surface area (Å²) >= 11 is 0. The Kier molecular flexibility index (Phi) is 4.39. The number of imide groups is 1. The first-order valence-corrected chi connectivity index (χ1v) is 6.49. The van der Waals surface area contributed by atoms with E-state index in [9.17, 15) is 9.59 Å². The average Bonchev–Trinajstić information content (AvgIpc) is 2.92. The van der Waals surface area contributed by atoms with Gasteiger partial charge >= 0.3 is 6.03 Å². The van der Waals surface area contributed by atoms with Gasteiger partial charge in [0.05, 0.1) is 0 Å². The molecule has 0 bridgehead atoms. The molecule has 0 aliphatic rings. The van der Waals surface area contributed by atoms with E-state index in [2.05, 4.69) is 0 Å². The number of nitrogens with zero attached hydrogens (tertiary/aromatic N) is 2. The molecular weight excluding hydrogens is 280 g/mol. The second-order valence-corrected chi connectivity index (χ2v) is 4.58. The summed E-state index contributed by atoms with van der Waals surface area (Å²) < 4.78 is 1.85. The Balaban J connectivity index is 2.43. The normalized spacial score (nSPS) is 10.8. The summed E-state index contributed by atoms with van der Waals surface area (Å²) in [5, 5.41) is 11.0. The van der Waals surface area contributed by atoms with Gasteiger partial charge in [0.1, 0.15) is 11.6 Å². The number of benzene rings is 1. The minimum atomic E-state index is -1.000. The largest absolute Gasteiger partial charge is 0.351 e. The molecule has 2 rings (SSSR count). The monoisotopic (exact) mass is 294 g/mol. The number of nitrogens with two attached hydrogens (primary N) is 1. The first kappa shape index (κ1) is 15.1. The Morgan fingerprint density at radius 3 is 2.64 bits per heavy atom. The van der Waals surface area contributed by atoms with E-state index in [1.54, 1.807) is 18.2 Å². The van der Waals surface area contributed by atoms with Crippen LogP contribution in [0, 0.1) is 18.3 Å². The van der Waals surface area contributed by atoms with Gasteiger partial charge in [-0.15, -0.1) is 0 Å². The van der Waals surface area contributed by atoms with Crippen molar-refractivity contribution in [2.45, 2.75) is 6.92 Å². The molecule has 0 fully saturated rings. The van der Waals surface area contributed by atoms with Crippen molar-refractivity contribution in [2.24, 2.45) is 5.73 Å². The van der Waals surface area contributed by atoms with Gasteiger partial charge in [-0.25, -0.2) is 4.79 Å². The van der Waals surface area contributed by atoms with E-state index in [0.29, 0.717) is 5.69 Å². The van der Waals surface area contributed by atoms with Crippen LogP contribution in [0.2, 0.25) is 0 Å². The third kappa shape index (κ3) is 3.22. The van der Waals surface area contributed by atoms with Crippen LogP contribution < -0.4 is 11.1 Å². The second kappa shape index (κ2) is 6.41. The van der Waals surface area contributed by atoms with Crippen LogP contribution in [0.25, 0.3) is 11.8 Å². The van der Waals surface area contributed by atoms with E-state index < -0.39 is 11.9 Å². The zero-order chi connectivity index (χ0) is 16.1. The number of nitrogens with one attached hydrogen (secondary N) is 1. The number of hydrogen-bond acceptors (Lipinski definition) is 3. The van der Waals surface area contributed by atoms with Crippen LogP contribution in [0.1, 0.15) is 11.3 Å². The molecule has 0 aliphatic carbocycles. The van der Waals surface area contributed by atoms with Crippen LogP contribution in [-0.2, 0) is 4.79 Å². The zero-order valence-corrected chi connectivity index (χ0v) is 11.9. The molecule has 110 valence electrons. The third-order valence-corrected chi connectivity index (χ3v) is 3.05. The van der Waals surface area contributed by atoms with Crippen molar-refractivity contribution in [1.29, 1.82) is 5.26 Å². The van der Waals surface area contributed by atoms with Crippen LogP contribution in [0.3, 0.4) is 0 Å². The molecule has 1 heterocycles. The van der Waals surface area contributed by atoms with Gasteiger partial charge in [0.2, 0.25) is 0 Å². The Morgan fingerprint density at radius 2 is 2.00 bits per heavy atom. The maximum absolute atomic E-state index is 11.7. The summed E-state index contributed by atoms with van der Waals surface area (Å²) in [7, 11) is 0. The Hall–Kier alpha value is -3.33. The Bertz CT molecular complexity index is 796. The van der Waals surface area contributed by atoms with E-state index in [1.165, 1.54) is 6.08 Å². The lowest BCUT2D eigenvalue weighted by Gasteiger charge is -2.10. The van der Waals surface area contributed by atoms with Crippen molar-refractivity contribution in [2.75, 3.05) is 0 Å². The van der Waals surface area contributed by atoms with E-state index in [0.717, 1.165) is 11.3 Å². The van der Waals surface area contributed by atoms with Gasteiger partial charge in [-0.2, -0.15) is 5.26 Å². The number of para-hydroxylation sites is 1. The van der Waals surface area contributed by atoms with Gasteiger partial charge in [-0.3, -0.25) is 10.1 Å². The first-order valence-electron chi connectivity index (χ1n) is 6.49. The highest BCUT2D eigenvalue weighted by Crippen LogP contribution is 2.18. The zero-order valence-electron chi connectivity index (χ0n) is 11.9. The molecule has 22 heavy (non-hydrogen) atoms. The molecule has 0 saturated heterocycles. The van der Waals surface area contributed by atoms with Gasteiger partial charge in [-0.1, -0.05) is 18.2 Å². The smallest absolute Gasteiger partial charge is 0.319 e. The number of carbonyl (C=O) groups excluding carboxylic acids is 2. The molecule has 0 unspecified atom stereocenters. The molecule has 0 radical (unpaired) electrons. The summed E-state index contributed by atoms with van der Waals surface area (Å²) in [6, 6.07) is 12.1. The van der Waals surface area contributed by atoms with Gasteiger partial charge in [0, 0.05) is 17.6 Å². The van der Waals surface area contributed by atoms with Crippen LogP contribution in [0.4, 0.5) is 4.79 Å². The average molecular weight is 294 g/mol. The fourth-order valence-corrected chi connectivity index (χ4v) is 2.04. The number of urea groups is 1. The molecule has 0 spiro atoms. The van der Waals surface area contributed by atoms with Crippen LogP contribution in [0.5, 0.6) is 0 Å². The Morgan fingerprint density at radius 1 is 1.27 bits per heavy atom. The number of primary amides is 1. The third-order valence-electron chi connectivity index (χ3n) is 3.05. The molecule has 6 heteroatoms. The van der Waals surface area contributed by atoms with Crippen molar-refractivity contribution < 1.29 is 9.59 Å². The maximum atomic E-state index is 11.7. The summed E-state index contributed by atoms with van der Waals surface area (Å²) in [5.41, 5.74) is 7.32. The van der Waals surface area contributed by atoms with E-state index in [-0.39, 0.29) is 5.57 Å². The van der Waals surface area contributed by atoms with Gasteiger partial charge < -0.3 is 10.3 Å². The lowest BCUT2D eigenvalue weighted by atomic mass is 10.2. The molecule has 3 amide bonds. The highest BCUT2D eigenvalue weighted by molar-refractivity contribution is 6.08. The maximum Gasteiger partial charge on any atom is 0.319 e. The number of aromatic nitrogens is 1. The standard InChI is InChI=1S/C16H14N4O2/c1-11-5-2-3-7-14(11)20-8-4-6-13(20)9-12(10-17)15(21)19-16(18)22/h2-9H,1H3,(H3,18,19,21,22)/b12-9-. The fourth-order valence-electron chi connectivity index (χ4n) is 2.04. The lowest BCUT2D eigenvalue weighted by molar-refractivity contribution is -0.115. The van der Waals surface area contributed by atoms with Crippen molar-refractivity contribution in [3.05, 3.63) is 59.4 Å². The van der Waals surface area contributed by atoms with E-state index in [1.807, 2.05) is 47.3 Å². The predicted molar refractivity (Wildman–Crippen MR) is 81.8 cm³/mol. The van der Waals surface area contributed by atoms with Crippen molar-refractivity contribution >= 4 is 18.0 Å². The highest BCUT2D eigenvalue weighted by Gasteiger charge is 2.12. The molecule has 2 aromatic rings. The lowest BCUT2D eigenvalue weighted by Crippen LogP contribution is -2.35. The predicted octanol–water partition coefficient (Wildman–Crippen LogP) is 1.89. The highest BCUT2D eigenvalue weighted by atomic mass is 16.2. The van der Waals surface area contributed by atoms with Gasteiger partial charge in [-0.05, 0) is 36.8 Å². The van der Waals surface area contributed by atoms with Crippen molar-refractivity contribution in [3.8, 4) is 11.8 Å². The summed E-state index contributed by atoms with van der Waals surface area (Å²) in [4.78, 5) is 22.4. The molecule has 6 nitrogen and oxygen atoms in total. The van der Waals surface area contributed by atoms with E-state index >= 15 is 0 Å². The van der Waals surface area contributed by atoms with Crippen molar-refractivity contribution in [3.63, 3.8) is 0 Å². The summed E-state index contributed by atoms with van der Waals surface area (Å²) in [6.45, 7) is 1.97. The minimum absolute atomic E-state index is 0.202. The van der Waals surface area contributed by atoms with Gasteiger partial charge in [0.15, 0.2) is 0 Å². The molecule has 0 saturated carbocycles. The molecule has 0 atom stereocenters. The molecule has 3 N–H and O–H groups in total. The number of carbonyl (C=O) groups is 2. The summed E-state index contributed by atoms with van der Waals surface area (Å²) in [5.74, 6) is -0.826. The SMILES string of the molecule is Cc1ccccc1-n1cccc1/C=C(/C#N)C(=O)NC(N)=O. The number of hydrogen-bond donors (Lipinski definition) is 2. The number of amides is 3. The number of rotatable bonds is 3. The summed E-state index contributed by atoms with van der Waals surface area (Å²) in [6.07, 6.45) is 3.24. The van der Waals surface area contributed by atoms with E-state index in [4.69, 9.17) is 11.0 Å². The second-order valence-electron chi connectivity index (χ2n) is 4.58. The van der Waals surface area contributed by atoms with Crippen LogP contribution in [0.15, 0.2) is 48.2 Å². The van der Waals surface area contributed by atoms with Crippen LogP contribution in [-0.4, -0.2) is 16.5 Å². The van der Waals surface area contributed by atoms with Crippen molar-refractivity contribution in [1.82, 2.24) is 9.88 Å².